The lowest BCUT2D eigenvalue weighted by atomic mass is 10.1. The van der Waals surface area contributed by atoms with E-state index in [0.29, 0.717) is 17.1 Å². The fourth-order valence-corrected chi connectivity index (χ4v) is 3.05. The van der Waals surface area contributed by atoms with E-state index < -0.39 is 5.97 Å². The lowest BCUT2D eigenvalue weighted by Crippen LogP contribution is -2.20. The summed E-state index contributed by atoms with van der Waals surface area (Å²) in [7, 11) is 0. The first kappa shape index (κ1) is 27.7. The molecule has 0 aliphatic heterocycles. The summed E-state index contributed by atoms with van der Waals surface area (Å²) in [6.07, 6.45) is 2.55. The summed E-state index contributed by atoms with van der Waals surface area (Å²) in [5.41, 5.74) is 3.66. The molecular formula is C28H31N3O5. The Balaban J connectivity index is 0.00000222. The van der Waals surface area contributed by atoms with Crippen molar-refractivity contribution < 1.29 is 24.2 Å². The van der Waals surface area contributed by atoms with Crippen LogP contribution in [0, 0.1) is 6.92 Å². The fourth-order valence-electron chi connectivity index (χ4n) is 3.05. The molecule has 4 N–H and O–H groups in total. The van der Waals surface area contributed by atoms with Gasteiger partial charge in [-0.2, -0.15) is 0 Å². The zero-order chi connectivity index (χ0) is 26.3. The molecule has 3 rings (SSSR count). The van der Waals surface area contributed by atoms with Crippen LogP contribution in [0.3, 0.4) is 0 Å². The van der Waals surface area contributed by atoms with E-state index in [1.54, 1.807) is 48.5 Å². The molecule has 3 aromatic carbocycles. The van der Waals surface area contributed by atoms with Gasteiger partial charge in [-0.15, -0.1) is 0 Å². The highest BCUT2D eigenvalue weighted by Gasteiger charge is 2.07. The van der Waals surface area contributed by atoms with Crippen LogP contribution in [0.15, 0.2) is 84.9 Å². The fraction of sp³-hybridized carbons (Fsp3) is 0.179. The molecule has 3 aromatic rings. The lowest BCUT2D eigenvalue weighted by Gasteiger charge is -2.10. The predicted octanol–water partition coefficient (Wildman–Crippen LogP) is 5.87. The van der Waals surface area contributed by atoms with Crippen LogP contribution in [0.25, 0.3) is 0 Å². The van der Waals surface area contributed by atoms with Gasteiger partial charge < -0.3 is 25.8 Å². The summed E-state index contributed by atoms with van der Waals surface area (Å²) in [4.78, 5) is 35.1. The minimum atomic E-state index is -1.04. The Labute approximate surface area is 211 Å². The van der Waals surface area contributed by atoms with Crippen LogP contribution in [0.4, 0.5) is 21.9 Å². The highest BCUT2D eigenvalue weighted by Crippen LogP contribution is 2.18. The molecule has 0 aliphatic rings. The van der Waals surface area contributed by atoms with Gasteiger partial charge in [-0.3, -0.25) is 4.79 Å². The van der Waals surface area contributed by atoms with Crippen molar-refractivity contribution >= 4 is 35.0 Å². The first-order valence-corrected chi connectivity index (χ1v) is 11.5. The van der Waals surface area contributed by atoms with Crippen molar-refractivity contribution in [2.75, 3.05) is 22.6 Å². The number of carbonyl (C=O) groups excluding carboxylic acids is 2. The number of aliphatic carboxylic acids is 1. The molecule has 0 atom stereocenters. The molecule has 36 heavy (non-hydrogen) atoms. The second-order valence-electron chi connectivity index (χ2n) is 7.40. The van der Waals surface area contributed by atoms with E-state index >= 15 is 0 Å². The lowest BCUT2D eigenvalue weighted by molar-refractivity contribution is -0.131. The van der Waals surface area contributed by atoms with E-state index in [1.807, 2.05) is 45.0 Å². The molecule has 8 nitrogen and oxygen atoms in total. The molecule has 8 heteroatoms. The maximum atomic E-state index is 12.4. The smallest absolute Gasteiger partial charge is 0.328 e. The minimum absolute atomic E-state index is 0.104. The molecule has 0 saturated heterocycles. The van der Waals surface area contributed by atoms with Crippen LogP contribution in [0.5, 0.6) is 5.75 Å². The molecule has 0 aliphatic carbocycles. The molecule has 0 spiro atoms. The summed E-state index contributed by atoms with van der Waals surface area (Å²) >= 11 is 0. The van der Waals surface area contributed by atoms with E-state index in [2.05, 4.69) is 16.0 Å². The number of carboxylic acid groups (broad SMARTS) is 1. The van der Waals surface area contributed by atoms with E-state index in [-0.39, 0.29) is 25.0 Å². The Kier molecular flexibility index (Phi) is 11.2. The van der Waals surface area contributed by atoms with Crippen molar-refractivity contribution in [2.45, 2.75) is 27.2 Å². The van der Waals surface area contributed by atoms with Crippen molar-refractivity contribution in [1.82, 2.24) is 0 Å². The summed E-state index contributed by atoms with van der Waals surface area (Å²) < 4.78 is 5.44. The number of rotatable bonds is 9. The normalized spacial score (nSPS) is 10.1. The Morgan fingerprint density at radius 1 is 0.861 bits per heavy atom. The van der Waals surface area contributed by atoms with E-state index in [1.165, 1.54) is 6.08 Å². The van der Waals surface area contributed by atoms with Crippen LogP contribution in [0.1, 0.15) is 25.0 Å². The van der Waals surface area contributed by atoms with Gasteiger partial charge in [-0.05, 0) is 54.5 Å². The van der Waals surface area contributed by atoms with Crippen LogP contribution in [0.2, 0.25) is 0 Å². The van der Waals surface area contributed by atoms with Crippen molar-refractivity contribution in [3.63, 3.8) is 0 Å². The largest absolute Gasteiger partial charge is 0.489 e. The van der Waals surface area contributed by atoms with Crippen LogP contribution in [-0.2, 0) is 16.0 Å². The highest BCUT2D eigenvalue weighted by molar-refractivity contribution is 6.00. The third kappa shape index (κ3) is 9.72. The summed E-state index contributed by atoms with van der Waals surface area (Å²) in [5.74, 6) is -0.743. The Bertz CT molecular complexity index is 1190. The number of carbonyl (C=O) groups is 3. The summed E-state index contributed by atoms with van der Waals surface area (Å²) in [6.45, 7) is 6.02. The zero-order valence-electron chi connectivity index (χ0n) is 20.6. The maximum absolute atomic E-state index is 12.4. The van der Waals surface area contributed by atoms with Gasteiger partial charge in [-0.25, -0.2) is 9.59 Å². The quantitative estimate of drug-likeness (QED) is 0.281. The molecule has 0 fully saturated rings. The third-order valence-electron chi connectivity index (χ3n) is 4.69. The topological polar surface area (TPSA) is 117 Å². The number of para-hydroxylation sites is 1. The third-order valence-corrected chi connectivity index (χ3v) is 4.69. The first-order chi connectivity index (χ1) is 17.4. The SMILES string of the molecule is CC.Cc1ccccc1NC(=O)Nc1ccc(CC(=O)Nc2cccc(OC/C=C/C(=O)O)c2)cc1. The number of amides is 3. The standard InChI is InChI=1S/C26H25N3O5.C2H6/c1-18-6-2-3-9-23(18)29-26(33)28-20-13-11-19(12-14-20)16-24(30)27-21-7-4-8-22(17-21)34-15-5-10-25(31)32;1-2/h2-14,17H,15-16H2,1H3,(H,27,30)(H,31,32)(H2,28,29,33);1-2H3/b10-5+;. The summed E-state index contributed by atoms with van der Waals surface area (Å²) in [5, 5.41) is 17.0. The number of hydrogen-bond donors (Lipinski definition) is 4. The number of nitrogens with one attached hydrogen (secondary N) is 3. The van der Waals surface area contributed by atoms with Crippen LogP contribution in [-0.4, -0.2) is 29.6 Å². The van der Waals surface area contributed by atoms with Gasteiger partial charge in [-0.1, -0.05) is 50.2 Å². The van der Waals surface area contributed by atoms with Crippen molar-refractivity contribution in [3.8, 4) is 5.75 Å². The number of ether oxygens (including phenoxy) is 1. The van der Waals surface area contributed by atoms with Gasteiger partial charge in [0.25, 0.3) is 0 Å². The van der Waals surface area contributed by atoms with Gasteiger partial charge in [0.1, 0.15) is 12.4 Å². The second-order valence-corrected chi connectivity index (χ2v) is 7.40. The number of hydrogen-bond acceptors (Lipinski definition) is 4. The molecular weight excluding hydrogens is 458 g/mol. The maximum Gasteiger partial charge on any atom is 0.328 e. The monoisotopic (exact) mass is 489 g/mol. The molecule has 3 amide bonds. The van der Waals surface area contributed by atoms with E-state index in [0.717, 1.165) is 22.9 Å². The van der Waals surface area contributed by atoms with Gasteiger partial charge in [0.2, 0.25) is 5.91 Å². The Morgan fingerprint density at radius 2 is 1.58 bits per heavy atom. The summed E-state index contributed by atoms with van der Waals surface area (Å²) in [6, 6.07) is 21.0. The predicted molar refractivity (Wildman–Crippen MR) is 143 cm³/mol. The first-order valence-electron chi connectivity index (χ1n) is 11.5. The molecule has 0 radical (unpaired) electrons. The number of aryl methyl sites for hydroxylation is 1. The number of carboxylic acids is 1. The van der Waals surface area contributed by atoms with E-state index in [9.17, 15) is 14.4 Å². The number of urea groups is 1. The average molecular weight is 490 g/mol. The van der Waals surface area contributed by atoms with Gasteiger partial charge in [0.05, 0.1) is 6.42 Å². The highest BCUT2D eigenvalue weighted by atomic mass is 16.5. The van der Waals surface area contributed by atoms with Crippen molar-refractivity contribution in [2.24, 2.45) is 0 Å². The second kappa shape index (κ2) is 14.6. The van der Waals surface area contributed by atoms with Gasteiger partial charge in [0.15, 0.2) is 0 Å². The van der Waals surface area contributed by atoms with Crippen molar-refractivity contribution in [3.05, 3.63) is 96.1 Å². The number of benzene rings is 3. The van der Waals surface area contributed by atoms with E-state index in [4.69, 9.17) is 9.84 Å². The number of anilines is 3. The molecule has 0 unspecified atom stereocenters. The molecule has 0 bridgehead atoms. The minimum Gasteiger partial charge on any atom is -0.489 e. The van der Waals surface area contributed by atoms with Gasteiger partial charge >= 0.3 is 12.0 Å². The molecule has 0 aromatic heterocycles. The van der Waals surface area contributed by atoms with Crippen LogP contribution >= 0.6 is 0 Å². The van der Waals surface area contributed by atoms with Gasteiger partial charge in [0, 0.05) is 29.2 Å². The Hall–Kier alpha value is -4.59. The van der Waals surface area contributed by atoms with Crippen molar-refractivity contribution in [1.29, 1.82) is 0 Å². The van der Waals surface area contributed by atoms with Crippen LogP contribution < -0.4 is 20.7 Å². The Morgan fingerprint density at radius 3 is 2.28 bits per heavy atom. The zero-order valence-corrected chi connectivity index (χ0v) is 20.6. The molecule has 0 heterocycles. The average Bonchev–Trinajstić information content (AvgIpc) is 2.86. The molecule has 188 valence electrons. The molecule has 0 saturated carbocycles.